The van der Waals surface area contributed by atoms with Crippen molar-refractivity contribution in [2.45, 2.75) is 45.1 Å². The molecule has 3 rings (SSSR count). The fourth-order valence-electron chi connectivity index (χ4n) is 3.85. The molecule has 1 heterocycles. The smallest absolute Gasteiger partial charge is 0.260 e. The highest BCUT2D eigenvalue weighted by Crippen LogP contribution is 2.35. The summed E-state index contributed by atoms with van der Waals surface area (Å²) in [6.07, 6.45) is 0.980. The van der Waals surface area contributed by atoms with Crippen LogP contribution >= 0.6 is 0 Å². The lowest BCUT2D eigenvalue weighted by Gasteiger charge is -2.38. The molecule has 1 aliphatic heterocycles. The first-order chi connectivity index (χ1) is 14.9. The molecule has 0 spiro atoms. The molecule has 0 saturated carbocycles. The molecule has 6 nitrogen and oxygen atoms in total. The maximum absolute atomic E-state index is 12.8. The predicted molar refractivity (Wildman–Crippen MR) is 119 cm³/mol. The summed E-state index contributed by atoms with van der Waals surface area (Å²) in [7, 11) is 0. The van der Waals surface area contributed by atoms with E-state index in [2.05, 4.69) is 17.4 Å². The lowest BCUT2D eigenvalue weighted by molar-refractivity contribution is -0.127. The molecular formula is C25H31NO5. The maximum atomic E-state index is 12.8. The molecule has 2 aromatic rings. The van der Waals surface area contributed by atoms with Gasteiger partial charge in [-0.05, 0) is 63.4 Å². The van der Waals surface area contributed by atoms with Crippen molar-refractivity contribution in [2.24, 2.45) is 0 Å². The van der Waals surface area contributed by atoms with Crippen LogP contribution in [-0.4, -0.2) is 44.2 Å². The summed E-state index contributed by atoms with van der Waals surface area (Å²) in [6.45, 7) is 7.63. The molecule has 0 aromatic heterocycles. The van der Waals surface area contributed by atoms with E-state index in [9.17, 15) is 9.59 Å². The van der Waals surface area contributed by atoms with E-state index < -0.39 is 6.10 Å². The van der Waals surface area contributed by atoms with Crippen LogP contribution in [-0.2, 0) is 14.9 Å². The summed E-state index contributed by atoms with van der Waals surface area (Å²) in [5, 5.41) is 3.07. The minimum absolute atomic E-state index is 0.0423. The summed E-state index contributed by atoms with van der Waals surface area (Å²) in [6, 6.07) is 15.0. The number of carbonyl (C=O) groups is 2. The van der Waals surface area contributed by atoms with Crippen LogP contribution in [0.25, 0.3) is 0 Å². The van der Waals surface area contributed by atoms with Gasteiger partial charge in [-0.15, -0.1) is 0 Å². The Morgan fingerprint density at radius 1 is 1.10 bits per heavy atom. The molecule has 2 aromatic carbocycles. The first kappa shape index (κ1) is 22.8. The third-order valence-corrected chi connectivity index (χ3v) is 5.75. The van der Waals surface area contributed by atoms with Gasteiger partial charge >= 0.3 is 0 Å². The SMILES string of the molecule is CCOc1ccc(C2(CNC(=O)C(C)Oc3cccc(C(C)=O)c3)CCOCC2)cc1. The van der Waals surface area contributed by atoms with E-state index in [0.717, 1.165) is 18.6 Å². The highest BCUT2D eigenvalue weighted by atomic mass is 16.5. The van der Waals surface area contributed by atoms with Crippen LogP contribution in [0.1, 0.15) is 49.5 Å². The van der Waals surface area contributed by atoms with Crippen LogP contribution < -0.4 is 14.8 Å². The number of benzene rings is 2. The van der Waals surface area contributed by atoms with Crippen molar-refractivity contribution >= 4 is 11.7 Å². The van der Waals surface area contributed by atoms with Crippen molar-refractivity contribution in [3.05, 3.63) is 59.7 Å². The molecule has 1 atom stereocenters. The minimum Gasteiger partial charge on any atom is -0.494 e. The van der Waals surface area contributed by atoms with E-state index in [1.165, 1.54) is 12.5 Å². The van der Waals surface area contributed by atoms with Crippen LogP contribution in [0.2, 0.25) is 0 Å². The van der Waals surface area contributed by atoms with Gasteiger partial charge in [-0.2, -0.15) is 0 Å². The Hall–Kier alpha value is -2.86. The van der Waals surface area contributed by atoms with Gasteiger partial charge in [0.25, 0.3) is 5.91 Å². The van der Waals surface area contributed by atoms with E-state index in [1.807, 2.05) is 19.1 Å². The molecule has 1 amide bonds. The predicted octanol–water partition coefficient (Wildman–Crippen LogP) is 3.92. The Balaban J connectivity index is 1.66. The Labute approximate surface area is 183 Å². The zero-order chi connectivity index (χ0) is 22.3. The molecule has 166 valence electrons. The Bertz CT molecular complexity index is 887. The first-order valence-electron chi connectivity index (χ1n) is 10.8. The van der Waals surface area contributed by atoms with Gasteiger partial charge in [-0.3, -0.25) is 9.59 Å². The minimum atomic E-state index is -0.681. The standard InChI is InChI=1S/C25H31NO5/c1-4-30-22-10-8-21(9-11-22)25(12-14-29-15-13-25)17-26-24(28)19(3)31-23-7-5-6-20(16-23)18(2)27/h5-11,16,19H,4,12-15,17H2,1-3H3,(H,26,28). The lowest BCUT2D eigenvalue weighted by atomic mass is 9.74. The van der Waals surface area contributed by atoms with Crippen LogP contribution in [0.3, 0.4) is 0 Å². The molecule has 0 aliphatic carbocycles. The van der Waals surface area contributed by atoms with E-state index >= 15 is 0 Å². The first-order valence-corrected chi connectivity index (χ1v) is 10.8. The van der Waals surface area contributed by atoms with Crippen LogP contribution in [0.15, 0.2) is 48.5 Å². The zero-order valence-electron chi connectivity index (χ0n) is 18.5. The highest BCUT2D eigenvalue weighted by molar-refractivity contribution is 5.94. The molecule has 1 saturated heterocycles. The lowest BCUT2D eigenvalue weighted by Crippen LogP contribution is -2.47. The largest absolute Gasteiger partial charge is 0.494 e. The fraction of sp³-hybridized carbons (Fsp3) is 0.440. The summed E-state index contributed by atoms with van der Waals surface area (Å²) >= 11 is 0. The number of hydrogen-bond acceptors (Lipinski definition) is 5. The molecule has 0 bridgehead atoms. The van der Waals surface area contributed by atoms with Crippen molar-refractivity contribution < 1.29 is 23.8 Å². The molecule has 0 radical (unpaired) electrons. The quantitative estimate of drug-likeness (QED) is 0.617. The van der Waals surface area contributed by atoms with Gasteiger partial charge in [-0.25, -0.2) is 0 Å². The second-order valence-corrected chi connectivity index (χ2v) is 7.91. The number of carbonyl (C=O) groups excluding carboxylic acids is 2. The molecule has 1 N–H and O–H groups in total. The van der Waals surface area contributed by atoms with Gasteiger partial charge in [0.15, 0.2) is 11.9 Å². The molecule has 31 heavy (non-hydrogen) atoms. The summed E-state index contributed by atoms with van der Waals surface area (Å²) in [5.74, 6) is 1.11. The number of amides is 1. The van der Waals surface area contributed by atoms with Crippen molar-refractivity contribution in [1.29, 1.82) is 0 Å². The maximum Gasteiger partial charge on any atom is 0.260 e. The number of ether oxygens (including phenoxy) is 3. The van der Waals surface area contributed by atoms with Crippen molar-refractivity contribution in [1.82, 2.24) is 5.32 Å². The highest BCUT2D eigenvalue weighted by Gasteiger charge is 2.35. The van der Waals surface area contributed by atoms with Crippen molar-refractivity contribution in [3.8, 4) is 11.5 Å². The van der Waals surface area contributed by atoms with Gasteiger partial charge < -0.3 is 19.5 Å². The molecule has 1 aliphatic rings. The summed E-state index contributed by atoms with van der Waals surface area (Å²) < 4.78 is 16.9. The van der Waals surface area contributed by atoms with Gasteiger partial charge in [0.1, 0.15) is 11.5 Å². The Kier molecular flexibility index (Phi) is 7.69. The molecular weight excluding hydrogens is 394 g/mol. The van der Waals surface area contributed by atoms with Gasteiger partial charge in [-0.1, -0.05) is 24.3 Å². The normalized spacial score (nSPS) is 16.2. The number of nitrogens with one attached hydrogen (secondary N) is 1. The average Bonchev–Trinajstić information content (AvgIpc) is 2.79. The van der Waals surface area contributed by atoms with E-state index in [0.29, 0.717) is 37.7 Å². The monoisotopic (exact) mass is 425 g/mol. The summed E-state index contributed by atoms with van der Waals surface area (Å²) in [4.78, 5) is 24.3. The van der Waals surface area contributed by atoms with Crippen molar-refractivity contribution in [3.63, 3.8) is 0 Å². The van der Waals surface area contributed by atoms with Gasteiger partial charge in [0.2, 0.25) is 0 Å². The second-order valence-electron chi connectivity index (χ2n) is 7.91. The number of rotatable bonds is 9. The zero-order valence-corrected chi connectivity index (χ0v) is 18.5. The fourth-order valence-corrected chi connectivity index (χ4v) is 3.85. The van der Waals surface area contributed by atoms with E-state index in [-0.39, 0.29) is 17.1 Å². The number of hydrogen-bond donors (Lipinski definition) is 1. The topological polar surface area (TPSA) is 73.9 Å². The Morgan fingerprint density at radius 3 is 2.45 bits per heavy atom. The van der Waals surface area contributed by atoms with Crippen LogP contribution in [0.5, 0.6) is 11.5 Å². The van der Waals surface area contributed by atoms with Crippen LogP contribution in [0.4, 0.5) is 0 Å². The van der Waals surface area contributed by atoms with Crippen molar-refractivity contribution in [2.75, 3.05) is 26.4 Å². The van der Waals surface area contributed by atoms with Gasteiger partial charge in [0, 0.05) is 30.7 Å². The van der Waals surface area contributed by atoms with Gasteiger partial charge in [0.05, 0.1) is 6.61 Å². The van der Waals surface area contributed by atoms with E-state index in [4.69, 9.17) is 14.2 Å². The molecule has 1 fully saturated rings. The molecule has 1 unspecified atom stereocenters. The average molecular weight is 426 g/mol. The summed E-state index contributed by atoms with van der Waals surface area (Å²) in [5.41, 5.74) is 1.54. The van der Waals surface area contributed by atoms with E-state index in [1.54, 1.807) is 31.2 Å². The third kappa shape index (κ3) is 5.85. The second kappa shape index (κ2) is 10.4. The number of Topliss-reactive ketones (excluding diaryl/α,β-unsaturated/α-hetero) is 1. The van der Waals surface area contributed by atoms with Crippen LogP contribution in [0, 0.1) is 0 Å². The third-order valence-electron chi connectivity index (χ3n) is 5.75. The number of ketones is 1. The molecule has 6 heteroatoms. The Morgan fingerprint density at radius 2 is 1.81 bits per heavy atom.